The van der Waals surface area contributed by atoms with E-state index in [2.05, 4.69) is 10.6 Å². The van der Waals surface area contributed by atoms with Crippen molar-refractivity contribution in [1.82, 2.24) is 5.32 Å². The molecule has 2 amide bonds. The average Bonchev–Trinajstić information content (AvgIpc) is 2.59. The van der Waals surface area contributed by atoms with Crippen LogP contribution < -0.4 is 20.1 Å². The van der Waals surface area contributed by atoms with Gasteiger partial charge in [0.05, 0.1) is 14.2 Å². The van der Waals surface area contributed by atoms with Gasteiger partial charge in [0, 0.05) is 30.3 Å². The number of carbonyl (C=O) groups is 2. The van der Waals surface area contributed by atoms with Crippen molar-refractivity contribution in [2.24, 2.45) is 0 Å². The predicted molar refractivity (Wildman–Crippen MR) is 91.5 cm³/mol. The number of anilines is 1. The summed E-state index contributed by atoms with van der Waals surface area (Å²) in [4.78, 5) is 23.4. The largest absolute Gasteiger partial charge is 0.497 e. The molecule has 2 rings (SSSR count). The topological polar surface area (TPSA) is 76.7 Å². The number of benzene rings is 2. The number of methoxy groups -OCH3 is 2. The summed E-state index contributed by atoms with van der Waals surface area (Å²) in [6.45, 7) is 1.71. The minimum absolute atomic E-state index is 0.186. The van der Waals surface area contributed by atoms with Gasteiger partial charge < -0.3 is 20.1 Å². The number of carbonyl (C=O) groups excluding carboxylic acids is 2. The van der Waals surface area contributed by atoms with Crippen LogP contribution in [-0.4, -0.2) is 26.0 Å². The molecule has 0 aliphatic carbocycles. The summed E-state index contributed by atoms with van der Waals surface area (Å²) in [5, 5.41) is 5.49. The zero-order valence-corrected chi connectivity index (χ0v) is 13.9. The monoisotopic (exact) mass is 328 g/mol. The quantitative estimate of drug-likeness (QED) is 0.854. The first-order chi connectivity index (χ1) is 11.5. The van der Waals surface area contributed by atoms with Crippen LogP contribution in [0.3, 0.4) is 0 Å². The second-order valence-electron chi connectivity index (χ2n) is 5.12. The van der Waals surface area contributed by atoms with E-state index in [4.69, 9.17) is 9.47 Å². The molecular formula is C18H20N2O4. The minimum Gasteiger partial charge on any atom is -0.497 e. The van der Waals surface area contributed by atoms with Crippen LogP contribution in [-0.2, 0) is 11.3 Å². The lowest BCUT2D eigenvalue weighted by Gasteiger charge is -2.12. The van der Waals surface area contributed by atoms with E-state index in [0.717, 1.165) is 5.56 Å². The highest BCUT2D eigenvalue weighted by molar-refractivity contribution is 5.96. The highest BCUT2D eigenvalue weighted by Gasteiger charge is 2.10. The van der Waals surface area contributed by atoms with E-state index in [1.54, 1.807) is 50.6 Å². The summed E-state index contributed by atoms with van der Waals surface area (Å²) in [6, 6.07) is 12.1. The Labute approximate surface area is 140 Å². The molecule has 0 fully saturated rings. The lowest BCUT2D eigenvalue weighted by molar-refractivity contribution is -0.114. The molecule has 0 aromatic heterocycles. The molecule has 0 saturated carbocycles. The fourth-order valence-corrected chi connectivity index (χ4v) is 2.24. The maximum Gasteiger partial charge on any atom is 0.251 e. The zero-order valence-electron chi connectivity index (χ0n) is 13.9. The fourth-order valence-electron chi connectivity index (χ4n) is 2.24. The molecule has 126 valence electrons. The van der Waals surface area contributed by atoms with Gasteiger partial charge in [-0.15, -0.1) is 0 Å². The molecule has 0 bridgehead atoms. The van der Waals surface area contributed by atoms with E-state index < -0.39 is 0 Å². The average molecular weight is 328 g/mol. The van der Waals surface area contributed by atoms with Crippen molar-refractivity contribution in [3.63, 3.8) is 0 Å². The molecule has 0 atom stereocenters. The standard InChI is InChI=1S/C18H20N2O4/c1-12(21)20-15-6-4-5-13(9-15)18(22)19-11-14-10-16(23-2)7-8-17(14)24-3/h4-10H,11H2,1-3H3,(H,19,22)(H,20,21). The summed E-state index contributed by atoms with van der Waals surface area (Å²) in [5.41, 5.74) is 1.85. The second kappa shape index (κ2) is 8.01. The van der Waals surface area contributed by atoms with Crippen LogP contribution in [0.1, 0.15) is 22.8 Å². The first-order valence-electron chi connectivity index (χ1n) is 7.40. The van der Waals surface area contributed by atoms with Gasteiger partial charge in [0.2, 0.25) is 5.91 Å². The predicted octanol–water partition coefficient (Wildman–Crippen LogP) is 2.59. The maximum absolute atomic E-state index is 12.3. The fraction of sp³-hybridized carbons (Fsp3) is 0.222. The van der Waals surface area contributed by atoms with Gasteiger partial charge in [-0.05, 0) is 36.4 Å². The van der Waals surface area contributed by atoms with Crippen molar-refractivity contribution >= 4 is 17.5 Å². The van der Waals surface area contributed by atoms with E-state index in [9.17, 15) is 9.59 Å². The van der Waals surface area contributed by atoms with Crippen LogP contribution in [0, 0.1) is 0 Å². The molecule has 24 heavy (non-hydrogen) atoms. The first-order valence-corrected chi connectivity index (χ1v) is 7.40. The van der Waals surface area contributed by atoms with Crippen molar-refractivity contribution < 1.29 is 19.1 Å². The molecule has 2 N–H and O–H groups in total. The molecule has 0 heterocycles. The number of hydrogen-bond acceptors (Lipinski definition) is 4. The molecule has 0 spiro atoms. The Hall–Kier alpha value is -3.02. The van der Waals surface area contributed by atoms with Crippen molar-refractivity contribution in [3.05, 3.63) is 53.6 Å². The lowest BCUT2D eigenvalue weighted by atomic mass is 10.1. The van der Waals surface area contributed by atoms with Crippen molar-refractivity contribution in [3.8, 4) is 11.5 Å². The third-order valence-electron chi connectivity index (χ3n) is 3.37. The van der Waals surface area contributed by atoms with Crippen LogP contribution in [0.4, 0.5) is 5.69 Å². The molecule has 6 nitrogen and oxygen atoms in total. The lowest BCUT2D eigenvalue weighted by Crippen LogP contribution is -2.23. The third kappa shape index (κ3) is 4.49. The normalized spacial score (nSPS) is 9.96. The molecule has 2 aromatic carbocycles. The summed E-state index contributed by atoms with van der Waals surface area (Å²) in [7, 11) is 3.15. The van der Waals surface area contributed by atoms with Crippen molar-refractivity contribution in [2.45, 2.75) is 13.5 Å². The van der Waals surface area contributed by atoms with Gasteiger partial charge in [-0.2, -0.15) is 0 Å². The highest BCUT2D eigenvalue weighted by Crippen LogP contribution is 2.23. The van der Waals surface area contributed by atoms with Crippen LogP contribution >= 0.6 is 0 Å². The van der Waals surface area contributed by atoms with E-state index in [1.165, 1.54) is 6.92 Å². The van der Waals surface area contributed by atoms with Crippen molar-refractivity contribution in [2.75, 3.05) is 19.5 Å². The van der Waals surface area contributed by atoms with Crippen LogP contribution in [0.15, 0.2) is 42.5 Å². The SMILES string of the molecule is COc1ccc(OC)c(CNC(=O)c2cccc(NC(C)=O)c2)c1. The Balaban J connectivity index is 2.09. The third-order valence-corrected chi connectivity index (χ3v) is 3.37. The van der Waals surface area contributed by atoms with Gasteiger partial charge in [0.1, 0.15) is 11.5 Å². The summed E-state index contributed by atoms with van der Waals surface area (Å²) < 4.78 is 10.5. The van der Waals surface area contributed by atoms with E-state index in [-0.39, 0.29) is 11.8 Å². The summed E-state index contributed by atoms with van der Waals surface area (Å²) in [5.74, 6) is 0.927. The van der Waals surface area contributed by atoms with Gasteiger partial charge in [0.25, 0.3) is 5.91 Å². The van der Waals surface area contributed by atoms with E-state index >= 15 is 0 Å². The number of hydrogen-bond donors (Lipinski definition) is 2. The number of amides is 2. The van der Waals surface area contributed by atoms with Gasteiger partial charge in [-0.25, -0.2) is 0 Å². The molecule has 0 aliphatic rings. The molecule has 0 radical (unpaired) electrons. The Kier molecular flexibility index (Phi) is 5.78. The van der Waals surface area contributed by atoms with Crippen LogP contribution in [0.5, 0.6) is 11.5 Å². The minimum atomic E-state index is -0.243. The Morgan fingerprint density at radius 3 is 2.50 bits per heavy atom. The van der Waals surface area contributed by atoms with E-state index in [0.29, 0.717) is 29.3 Å². The van der Waals surface area contributed by atoms with Crippen LogP contribution in [0.2, 0.25) is 0 Å². The Morgan fingerprint density at radius 1 is 1.04 bits per heavy atom. The molecule has 0 aliphatic heterocycles. The second-order valence-corrected chi connectivity index (χ2v) is 5.12. The maximum atomic E-state index is 12.3. The van der Waals surface area contributed by atoms with Crippen LogP contribution in [0.25, 0.3) is 0 Å². The molecule has 0 saturated heterocycles. The van der Waals surface area contributed by atoms with Gasteiger partial charge in [-0.3, -0.25) is 9.59 Å². The molecule has 0 unspecified atom stereocenters. The van der Waals surface area contributed by atoms with Gasteiger partial charge >= 0.3 is 0 Å². The van der Waals surface area contributed by atoms with E-state index in [1.807, 2.05) is 6.07 Å². The highest BCUT2D eigenvalue weighted by atomic mass is 16.5. The van der Waals surface area contributed by atoms with Gasteiger partial charge in [0.15, 0.2) is 0 Å². The summed E-state index contributed by atoms with van der Waals surface area (Å²) >= 11 is 0. The smallest absolute Gasteiger partial charge is 0.251 e. The van der Waals surface area contributed by atoms with Crippen molar-refractivity contribution in [1.29, 1.82) is 0 Å². The molecule has 6 heteroatoms. The Morgan fingerprint density at radius 2 is 1.83 bits per heavy atom. The molecule has 2 aromatic rings. The number of nitrogens with one attached hydrogen (secondary N) is 2. The Bertz CT molecular complexity index is 744. The number of ether oxygens (including phenoxy) is 2. The van der Waals surface area contributed by atoms with Gasteiger partial charge in [-0.1, -0.05) is 6.07 Å². The number of rotatable bonds is 6. The summed E-state index contributed by atoms with van der Waals surface area (Å²) in [6.07, 6.45) is 0. The zero-order chi connectivity index (χ0) is 17.5. The first kappa shape index (κ1) is 17.3. The molecular weight excluding hydrogens is 308 g/mol.